The molecule has 0 radical (unpaired) electrons. The van der Waals surface area contributed by atoms with Crippen LogP contribution in [0.15, 0.2) is 6.07 Å². The van der Waals surface area contributed by atoms with Crippen LogP contribution in [-0.2, 0) is 9.47 Å². The molecule has 1 spiro atoms. The molecule has 0 aromatic heterocycles. The summed E-state index contributed by atoms with van der Waals surface area (Å²) in [7, 11) is 0. The molecule has 1 atom stereocenters. The molecule has 7 heteroatoms. The average molecular weight is 369 g/mol. The molecule has 0 bridgehead atoms. The number of carboxylic acid groups (broad SMARTS) is 1. The molecule has 136 valence electrons. The second-order valence-corrected chi connectivity index (χ2v) is 7.31. The summed E-state index contributed by atoms with van der Waals surface area (Å²) >= 11 is 6.18. The Morgan fingerprint density at radius 3 is 2.56 bits per heavy atom. The van der Waals surface area contributed by atoms with Crippen LogP contribution in [0.1, 0.15) is 41.6 Å². The third-order valence-electron chi connectivity index (χ3n) is 5.46. The standard InChI is InChI=1S/C18H21ClO6/c1-10-12(17(20)21)8-13(19)16-15(10)25-14(9-22-16)11-2-4-18(5-3-11)23-6-7-24-18/h8,11,14H,2-7,9H2,1H3,(H,20,21). The van der Waals surface area contributed by atoms with Gasteiger partial charge in [-0.2, -0.15) is 0 Å². The van der Waals surface area contributed by atoms with Gasteiger partial charge in [0.2, 0.25) is 0 Å². The van der Waals surface area contributed by atoms with E-state index in [0.29, 0.717) is 42.8 Å². The highest BCUT2D eigenvalue weighted by molar-refractivity contribution is 6.32. The first-order chi connectivity index (χ1) is 12.0. The van der Waals surface area contributed by atoms with Gasteiger partial charge in [0.15, 0.2) is 17.3 Å². The van der Waals surface area contributed by atoms with E-state index in [4.69, 9.17) is 30.5 Å². The molecule has 6 nitrogen and oxygen atoms in total. The van der Waals surface area contributed by atoms with Crippen molar-refractivity contribution in [2.45, 2.75) is 44.5 Å². The van der Waals surface area contributed by atoms with E-state index in [1.165, 1.54) is 6.07 Å². The molecule has 1 unspecified atom stereocenters. The van der Waals surface area contributed by atoms with Crippen molar-refractivity contribution in [2.24, 2.45) is 5.92 Å². The molecule has 1 saturated heterocycles. The van der Waals surface area contributed by atoms with E-state index in [9.17, 15) is 9.90 Å². The summed E-state index contributed by atoms with van der Waals surface area (Å²) < 4.78 is 23.6. The quantitative estimate of drug-likeness (QED) is 0.862. The summed E-state index contributed by atoms with van der Waals surface area (Å²) in [5, 5.41) is 9.61. The van der Waals surface area contributed by atoms with Crippen molar-refractivity contribution >= 4 is 17.6 Å². The van der Waals surface area contributed by atoms with Gasteiger partial charge in [0.1, 0.15) is 12.7 Å². The molecule has 25 heavy (non-hydrogen) atoms. The van der Waals surface area contributed by atoms with Crippen LogP contribution in [0, 0.1) is 12.8 Å². The van der Waals surface area contributed by atoms with E-state index in [1.54, 1.807) is 6.92 Å². The summed E-state index contributed by atoms with van der Waals surface area (Å²) in [6.45, 7) is 3.46. The van der Waals surface area contributed by atoms with Crippen molar-refractivity contribution in [3.8, 4) is 11.5 Å². The lowest BCUT2D eigenvalue weighted by Crippen LogP contribution is -2.43. The molecule has 2 heterocycles. The Labute approximate surface area is 151 Å². The molecule has 2 fully saturated rings. The summed E-state index contributed by atoms with van der Waals surface area (Å²) in [4.78, 5) is 11.4. The van der Waals surface area contributed by atoms with Gasteiger partial charge in [-0.3, -0.25) is 0 Å². The van der Waals surface area contributed by atoms with Gasteiger partial charge in [-0.25, -0.2) is 4.79 Å². The molecule has 1 aromatic carbocycles. The van der Waals surface area contributed by atoms with Crippen LogP contribution < -0.4 is 9.47 Å². The fourth-order valence-electron chi connectivity index (χ4n) is 4.02. The zero-order valence-electron chi connectivity index (χ0n) is 14.0. The molecule has 4 rings (SSSR count). The predicted molar refractivity (Wildman–Crippen MR) is 89.7 cm³/mol. The van der Waals surface area contributed by atoms with Crippen molar-refractivity contribution in [3.63, 3.8) is 0 Å². The second kappa shape index (κ2) is 6.34. The number of aromatic carboxylic acids is 1. The van der Waals surface area contributed by atoms with E-state index >= 15 is 0 Å². The van der Waals surface area contributed by atoms with Crippen LogP contribution in [0.3, 0.4) is 0 Å². The summed E-state index contributed by atoms with van der Waals surface area (Å²) in [6, 6.07) is 1.42. The van der Waals surface area contributed by atoms with E-state index in [-0.39, 0.29) is 16.7 Å². The number of carboxylic acids is 1. The number of halogens is 1. The van der Waals surface area contributed by atoms with Gasteiger partial charge in [0, 0.05) is 18.4 Å². The number of rotatable bonds is 2. The smallest absolute Gasteiger partial charge is 0.336 e. The number of hydrogen-bond acceptors (Lipinski definition) is 5. The largest absolute Gasteiger partial charge is 0.484 e. The molecule has 3 aliphatic rings. The SMILES string of the molecule is Cc1c(C(=O)O)cc(Cl)c2c1OC(C1CCC3(CC1)OCCO3)CO2. The van der Waals surface area contributed by atoms with Crippen molar-refractivity contribution in [3.05, 3.63) is 22.2 Å². The molecule has 0 amide bonds. The Bertz CT molecular complexity index is 687. The minimum Gasteiger partial charge on any atom is -0.484 e. The van der Waals surface area contributed by atoms with Crippen LogP contribution >= 0.6 is 11.6 Å². The van der Waals surface area contributed by atoms with E-state index in [0.717, 1.165) is 25.7 Å². The summed E-state index contributed by atoms with van der Waals surface area (Å²) in [5.41, 5.74) is 0.690. The highest BCUT2D eigenvalue weighted by atomic mass is 35.5. The lowest BCUT2D eigenvalue weighted by molar-refractivity contribution is -0.187. The Kier molecular flexibility index (Phi) is 4.30. The molecule has 2 aliphatic heterocycles. The maximum atomic E-state index is 11.4. The minimum absolute atomic E-state index is 0.120. The Morgan fingerprint density at radius 2 is 1.92 bits per heavy atom. The van der Waals surface area contributed by atoms with E-state index in [2.05, 4.69) is 0 Å². The second-order valence-electron chi connectivity index (χ2n) is 6.91. The van der Waals surface area contributed by atoms with Gasteiger partial charge in [-0.15, -0.1) is 0 Å². The first kappa shape index (κ1) is 16.9. The van der Waals surface area contributed by atoms with Gasteiger partial charge >= 0.3 is 5.97 Å². The number of ether oxygens (including phenoxy) is 4. The highest BCUT2D eigenvalue weighted by Crippen LogP contribution is 2.46. The lowest BCUT2D eigenvalue weighted by Gasteiger charge is -2.40. The highest BCUT2D eigenvalue weighted by Gasteiger charge is 2.43. The van der Waals surface area contributed by atoms with Crippen LogP contribution in [0.4, 0.5) is 0 Å². The van der Waals surface area contributed by atoms with Crippen LogP contribution in [-0.4, -0.2) is 42.8 Å². The van der Waals surface area contributed by atoms with Crippen molar-refractivity contribution in [1.82, 2.24) is 0 Å². The third-order valence-corrected chi connectivity index (χ3v) is 5.74. The van der Waals surface area contributed by atoms with E-state index in [1.807, 2.05) is 0 Å². The zero-order chi connectivity index (χ0) is 17.6. The van der Waals surface area contributed by atoms with Gasteiger partial charge < -0.3 is 24.1 Å². The molecule has 1 saturated carbocycles. The maximum absolute atomic E-state index is 11.4. The first-order valence-corrected chi connectivity index (χ1v) is 9.01. The van der Waals surface area contributed by atoms with Gasteiger partial charge in [-0.05, 0) is 31.7 Å². The molecular formula is C18H21ClO6. The normalized spacial score (nSPS) is 25.3. The van der Waals surface area contributed by atoms with Gasteiger partial charge in [0.05, 0.1) is 23.8 Å². The Hall–Kier alpha value is -1.50. The molecule has 1 aliphatic carbocycles. The number of fused-ring (bicyclic) bond motifs is 1. The number of carbonyl (C=O) groups is 1. The van der Waals surface area contributed by atoms with Crippen LogP contribution in [0.2, 0.25) is 5.02 Å². The van der Waals surface area contributed by atoms with Gasteiger partial charge in [-0.1, -0.05) is 11.6 Å². The minimum atomic E-state index is -1.02. The van der Waals surface area contributed by atoms with E-state index < -0.39 is 11.8 Å². The Morgan fingerprint density at radius 1 is 1.24 bits per heavy atom. The number of hydrogen-bond donors (Lipinski definition) is 1. The fraction of sp³-hybridized carbons (Fsp3) is 0.611. The van der Waals surface area contributed by atoms with Crippen molar-refractivity contribution < 1.29 is 28.8 Å². The lowest BCUT2D eigenvalue weighted by atomic mass is 9.81. The molecule has 1 N–H and O–H groups in total. The molecule has 1 aromatic rings. The predicted octanol–water partition coefficient (Wildman–Crippen LogP) is 3.42. The zero-order valence-corrected chi connectivity index (χ0v) is 14.8. The Balaban J connectivity index is 1.52. The maximum Gasteiger partial charge on any atom is 0.336 e. The van der Waals surface area contributed by atoms with Crippen LogP contribution in [0.25, 0.3) is 0 Å². The first-order valence-electron chi connectivity index (χ1n) is 8.63. The fourth-order valence-corrected chi connectivity index (χ4v) is 4.27. The van der Waals surface area contributed by atoms with Crippen molar-refractivity contribution in [1.29, 1.82) is 0 Å². The third kappa shape index (κ3) is 2.96. The van der Waals surface area contributed by atoms with Crippen molar-refractivity contribution in [2.75, 3.05) is 19.8 Å². The summed E-state index contributed by atoms with van der Waals surface area (Å²) in [6.07, 6.45) is 3.42. The summed E-state index contributed by atoms with van der Waals surface area (Å²) in [5.74, 6) is -0.217. The van der Waals surface area contributed by atoms with Gasteiger partial charge in [0.25, 0.3) is 0 Å². The average Bonchev–Trinajstić information content (AvgIpc) is 3.06. The monoisotopic (exact) mass is 368 g/mol. The topological polar surface area (TPSA) is 74.2 Å². The number of benzene rings is 1. The molecular weight excluding hydrogens is 348 g/mol. The van der Waals surface area contributed by atoms with Crippen LogP contribution in [0.5, 0.6) is 11.5 Å².